The van der Waals surface area contributed by atoms with Gasteiger partial charge in [0.25, 0.3) is 0 Å². The van der Waals surface area contributed by atoms with Crippen LogP contribution in [-0.2, 0) is 39.6 Å². The Bertz CT molecular complexity index is 9.65. The molecule has 0 bridgehead atoms. The third-order valence-corrected chi connectivity index (χ3v) is 0. The Kier molecular flexibility index (Phi) is 2950. The summed E-state index contributed by atoms with van der Waals surface area (Å²) < 4.78 is 0. The van der Waals surface area contributed by atoms with Gasteiger partial charge in [-0.3, -0.25) is 0 Å². The van der Waals surface area contributed by atoms with Gasteiger partial charge in [0.05, 0.1) is 0 Å². The minimum absolute atomic E-state index is 0. The largest absolute Gasteiger partial charge is 2.00 e. The van der Waals surface area contributed by atoms with Gasteiger partial charge in [0, 0.05) is 0 Å². The molecular formula is F4IOs2-. The van der Waals surface area contributed by atoms with Gasteiger partial charge in [-0.25, -0.2) is 0 Å². The molecule has 0 aliphatic heterocycles. The van der Waals surface area contributed by atoms with Crippen molar-refractivity contribution in [3.8, 4) is 0 Å². The Morgan fingerprint density at radius 3 is 0.429 bits per heavy atom. The number of hydrogen-bond donors (Lipinski definition) is 0. The summed E-state index contributed by atoms with van der Waals surface area (Å²) in [5.41, 5.74) is 0. The van der Waals surface area contributed by atoms with Crippen LogP contribution in [0.4, 0.5) is 0 Å². The van der Waals surface area contributed by atoms with Crippen LogP contribution in [0, 0.1) is 0 Å². The van der Waals surface area contributed by atoms with Crippen molar-refractivity contribution < 1.29 is 82.4 Å². The first kappa shape index (κ1) is 175. The molecule has 7 heteroatoms. The van der Waals surface area contributed by atoms with E-state index in [1.54, 1.807) is 0 Å². The van der Waals surface area contributed by atoms with Crippen LogP contribution >= 0.6 is 0 Å². The van der Waals surface area contributed by atoms with Crippen LogP contribution < -0.4 is 42.8 Å². The third-order valence-electron chi connectivity index (χ3n) is 0. The molecule has 0 radical (unpaired) electrons. The molecule has 0 unspecified atom stereocenters. The summed E-state index contributed by atoms with van der Waals surface area (Å²) >= 11 is 0. The van der Waals surface area contributed by atoms with E-state index in [0.29, 0.717) is 0 Å². The van der Waals surface area contributed by atoms with Crippen molar-refractivity contribution in [1.29, 1.82) is 0 Å². The van der Waals surface area contributed by atoms with Gasteiger partial charge in [0.2, 0.25) is 0 Å². The zero-order valence-electron chi connectivity index (χ0n) is 2.60. The van der Waals surface area contributed by atoms with Gasteiger partial charge < -0.3 is 42.8 Å². The maximum atomic E-state index is 0. The molecule has 0 heterocycles. The molecule has 0 saturated heterocycles. The van der Waals surface area contributed by atoms with Crippen LogP contribution in [0.5, 0.6) is 0 Å². The van der Waals surface area contributed by atoms with E-state index in [0.717, 1.165) is 0 Å². The second kappa shape index (κ2) is 118. The fraction of sp³-hybridized carbons (Fsp3) is 0. The summed E-state index contributed by atoms with van der Waals surface area (Å²) in [6.07, 6.45) is 0. The summed E-state index contributed by atoms with van der Waals surface area (Å²) in [5.74, 6) is 0. The third kappa shape index (κ3) is 85.2. The van der Waals surface area contributed by atoms with Crippen molar-refractivity contribution in [2.75, 3.05) is 0 Å². The first-order chi connectivity index (χ1) is 0. The minimum atomic E-state index is 0. The monoisotopic (exact) mass is 587 g/mol. The Labute approximate surface area is 81.8 Å². The zero-order valence-corrected chi connectivity index (χ0v) is 9.84. The average molecular weight is 583 g/mol. The van der Waals surface area contributed by atoms with E-state index in [1.165, 1.54) is 0 Å². The van der Waals surface area contributed by atoms with Gasteiger partial charge in [-0.2, -0.15) is 0 Å². The molecule has 0 aliphatic carbocycles. The second-order valence-corrected chi connectivity index (χ2v) is 0. The maximum absolute atomic E-state index is 0. The molecular weight excluding hydrogens is 583 g/mol. The molecule has 0 rings (SSSR count). The molecule has 52 valence electrons. The first-order valence-corrected chi connectivity index (χ1v) is 0. The molecule has 0 aromatic carbocycles. The molecule has 0 N–H and O–H groups in total. The molecule has 0 saturated carbocycles. The van der Waals surface area contributed by atoms with E-state index in [4.69, 9.17) is 0 Å². The Morgan fingerprint density at radius 2 is 0.429 bits per heavy atom. The number of rotatable bonds is 0. The summed E-state index contributed by atoms with van der Waals surface area (Å²) in [4.78, 5) is 0. The quantitative estimate of drug-likeness (QED) is 0.197. The Morgan fingerprint density at radius 1 is 0.429 bits per heavy atom. The van der Waals surface area contributed by atoms with Crippen LogP contribution in [-0.4, -0.2) is 0 Å². The fourth-order valence-corrected chi connectivity index (χ4v) is 0. The molecule has 0 amide bonds. The van der Waals surface area contributed by atoms with Crippen LogP contribution in [0.3, 0.4) is 0 Å². The van der Waals surface area contributed by atoms with E-state index in [9.17, 15) is 0 Å². The molecule has 0 nitrogen and oxygen atoms in total. The van der Waals surface area contributed by atoms with Crippen molar-refractivity contribution in [2.45, 2.75) is 0 Å². The number of hydrogen-bond acceptors (Lipinski definition) is 0. The summed E-state index contributed by atoms with van der Waals surface area (Å²) in [6, 6.07) is 0. The van der Waals surface area contributed by atoms with E-state index in [2.05, 4.69) is 0 Å². The predicted molar refractivity (Wildman–Crippen MR) is 0 cm³/mol. The molecule has 0 atom stereocenters. The summed E-state index contributed by atoms with van der Waals surface area (Å²) in [6.45, 7) is 0. The van der Waals surface area contributed by atoms with E-state index < -0.39 is 0 Å². The van der Waals surface area contributed by atoms with E-state index in [1.807, 2.05) is 0 Å². The smallest absolute Gasteiger partial charge is 1.00 e. The van der Waals surface area contributed by atoms with Crippen molar-refractivity contribution >= 4 is 0 Å². The predicted octanol–water partition coefficient (Wildman–Crippen LogP) is -15.0. The molecule has 0 spiro atoms. The number of halogens is 5. The van der Waals surface area contributed by atoms with Gasteiger partial charge in [-0.1, -0.05) is 0 Å². The standard InChI is InChI=1S/4FH.HI.2Os/h5*1H;;/q;;;;;2*+2/p-5. The Hall–Kier alpha value is 1.72. The average Bonchev–Trinajstić information content (AvgIpc) is 0. The van der Waals surface area contributed by atoms with Gasteiger partial charge in [-0.05, 0) is 0 Å². The second-order valence-electron chi connectivity index (χ2n) is 0. The summed E-state index contributed by atoms with van der Waals surface area (Å²) in [7, 11) is 0. The van der Waals surface area contributed by atoms with E-state index in [-0.39, 0.29) is 82.4 Å². The Balaban J connectivity index is 0. The first-order valence-electron chi connectivity index (χ1n) is 0. The fourth-order valence-electron chi connectivity index (χ4n) is 0. The molecule has 7 heavy (non-hydrogen) atoms. The van der Waals surface area contributed by atoms with Crippen LogP contribution in [0.25, 0.3) is 0 Å². The van der Waals surface area contributed by atoms with Gasteiger partial charge in [0.1, 0.15) is 0 Å². The van der Waals surface area contributed by atoms with Crippen molar-refractivity contribution in [1.82, 2.24) is 0 Å². The minimum Gasteiger partial charge on any atom is -1.00 e. The van der Waals surface area contributed by atoms with Gasteiger partial charge in [0.15, 0.2) is 0 Å². The molecule has 0 aromatic heterocycles. The van der Waals surface area contributed by atoms with Crippen LogP contribution in [0.1, 0.15) is 0 Å². The van der Waals surface area contributed by atoms with Gasteiger partial charge >= 0.3 is 39.6 Å². The zero-order chi connectivity index (χ0) is 0. The molecule has 0 aliphatic rings. The van der Waals surface area contributed by atoms with E-state index >= 15 is 0 Å². The topological polar surface area (TPSA) is 0 Å². The molecule has 0 aromatic rings. The maximum Gasteiger partial charge on any atom is 2.00 e. The van der Waals surface area contributed by atoms with Gasteiger partial charge in [-0.15, -0.1) is 0 Å². The van der Waals surface area contributed by atoms with Crippen LogP contribution in [0.15, 0.2) is 0 Å². The molecule has 0 fully saturated rings. The normalized spacial score (nSPS) is 0. The van der Waals surface area contributed by atoms with Crippen molar-refractivity contribution in [3.05, 3.63) is 0 Å². The van der Waals surface area contributed by atoms with Crippen molar-refractivity contribution in [3.63, 3.8) is 0 Å². The summed E-state index contributed by atoms with van der Waals surface area (Å²) in [5, 5.41) is 0. The SMILES string of the molecule is [F-].[F-].[F-].[F-].[I-].[Os+2].[Os+2]. The van der Waals surface area contributed by atoms with Crippen molar-refractivity contribution in [2.24, 2.45) is 0 Å². The van der Waals surface area contributed by atoms with Crippen LogP contribution in [0.2, 0.25) is 0 Å².